The normalized spacial score (nSPS) is 15.5. The summed E-state index contributed by atoms with van der Waals surface area (Å²) in [4.78, 5) is 17.2. The molecule has 2 aromatic heterocycles. The second-order valence-corrected chi connectivity index (χ2v) is 9.70. The number of anilines is 1. The van der Waals surface area contributed by atoms with E-state index in [0.717, 1.165) is 28.6 Å². The van der Waals surface area contributed by atoms with Crippen molar-refractivity contribution in [2.45, 2.75) is 24.7 Å². The predicted molar refractivity (Wildman–Crippen MR) is 106 cm³/mol. The quantitative estimate of drug-likeness (QED) is 0.724. The van der Waals surface area contributed by atoms with Crippen LogP contribution in [0.4, 0.5) is 5.13 Å². The summed E-state index contributed by atoms with van der Waals surface area (Å²) in [5.74, 6) is -0.379. The van der Waals surface area contributed by atoms with Crippen LogP contribution in [-0.4, -0.2) is 41.3 Å². The van der Waals surface area contributed by atoms with E-state index in [1.165, 1.54) is 32.5 Å². The number of benzene rings is 1. The smallest absolute Gasteiger partial charge is 0.274 e. The number of carbonyl (C=O) groups is 1. The number of amides is 1. The summed E-state index contributed by atoms with van der Waals surface area (Å²) in [7, 11) is -1.89. The van der Waals surface area contributed by atoms with E-state index in [2.05, 4.69) is 10.3 Å². The van der Waals surface area contributed by atoms with Gasteiger partial charge in [0.1, 0.15) is 10.6 Å². The average Bonchev–Trinajstić information content (AvgIpc) is 3.33. The maximum absolute atomic E-state index is 12.7. The van der Waals surface area contributed by atoms with Gasteiger partial charge in [-0.2, -0.15) is 4.31 Å². The molecule has 1 fully saturated rings. The monoisotopic (exact) mass is 404 g/mol. The predicted octanol–water partition coefficient (Wildman–Crippen LogP) is 2.98. The van der Waals surface area contributed by atoms with Crippen molar-refractivity contribution in [3.63, 3.8) is 0 Å². The molecule has 9 heteroatoms. The standard InChI is InChI=1S/C18H20N4O3S2/c1-12-5-6-14-16(9-12)26-18(19-14)20-17(23)15-10-13(11-21(15)2)27(24,25)22-7-3-4-8-22/h5-6,9-11H,3-4,7-8H2,1-2H3,(H,19,20,23). The second-order valence-electron chi connectivity index (χ2n) is 6.73. The lowest BCUT2D eigenvalue weighted by Gasteiger charge is -2.13. The molecule has 0 saturated carbocycles. The first kappa shape index (κ1) is 18.1. The highest BCUT2D eigenvalue weighted by molar-refractivity contribution is 7.89. The minimum atomic E-state index is -3.55. The molecule has 0 unspecified atom stereocenters. The fourth-order valence-corrected chi connectivity index (χ4v) is 5.77. The van der Waals surface area contributed by atoms with Crippen LogP contribution < -0.4 is 5.32 Å². The maximum Gasteiger partial charge on any atom is 0.274 e. The third-order valence-electron chi connectivity index (χ3n) is 4.68. The number of hydrogen-bond acceptors (Lipinski definition) is 5. The van der Waals surface area contributed by atoms with E-state index in [9.17, 15) is 13.2 Å². The van der Waals surface area contributed by atoms with Crippen molar-refractivity contribution in [1.29, 1.82) is 0 Å². The lowest BCUT2D eigenvalue weighted by Crippen LogP contribution is -2.27. The van der Waals surface area contributed by atoms with E-state index in [1.54, 1.807) is 7.05 Å². The minimum Gasteiger partial charge on any atom is -0.345 e. The maximum atomic E-state index is 12.7. The van der Waals surface area contributed by atoms with E-state index < -0.39 is 10.0 Å². The summed E-state index contributed by atoms with van der Waals surface area (Å²) in [5.41, 5.74) is 2.23. The van der Waals surface area contributed by atoms with Crippen LogP contribution in [0.3, 0.4) is 0 Å². The van der Waals surface area contributed by atoms with Crippen LogP contribution in [0, 0.1) is 6.92 Å². The van der Waals surface area contributed by atoms with Crippen molar-refractivity contribution in [3.8, 4) is 0 Å². The van der Waals surface area contributed by atoms with Crippen molar-refractivity contribution in [1.82, 2.24) is 13.9 Å². The van der Waals surface area contributed by atoms with Gasteiger partial charge in [-0.15, -0.1) is 0 Å². The molecule has 1 N–H and O–H groups in total. The largest absolute Gasteiger partial charge is 0.345 e. The number of rotatable bonds is 4. The van der Waals surface area contributed by atoms with E-state index in [1.807, 2.05) is 25.1 Å². The highest BCUT2D eigenvalue weighted by Crippen LogP contribution is 2.28. The molecule has 1 aliphatic rings. The van der Waals surface area contributed by atoms with Gasteiger partial charge in [-0.25, -0.2) is 13.4 Å². The molecule has 1 aliphatic heterocycles. The van der Waals surface area contributed by atoms with Gasteiger partial charge in [0.2, 0.25) is 10.0 Å². The van der Waals surface area contributed by atoms with Crippen LogP contribution in [0.2, 0.25) is 0 Å². The number of fused-ring (bicyclic) bond motifs is 1. The number of aryl methyl sites for hydroxylation is 2. The van der Waals surface area contributed by atoms with Crippen LogP contribution in [0.15, 0.2) is 35.4 Å². The lowest BCUT2D eigenvalue weighted by atomic mass is 10.2. The molecule has 1 amide bonds. The Morgan fingerprint density at radius 2 is 1.96 bits per heavy atom. The van der Waals surface area contributed by atoms with Gasteiger partial charge in [0.15, 0.2) is 5.13 Å². The zero-order valence-corrected chi connectivity index (χ0v) is 16.7. The fourth-order valence-electron chi connectivity index (χ4n) is 3.23. The summed E-state index contributed by atoms with van der Waals surface area (Å²) >= 11 is 1.39. The Balaban J connectivity index is 1.59. The summed E-state index contributed by atoms with van der Waals surface area (Å²) in [5, 5.41) is 3.27. The van der Waals surface area contributed by atoms with Gasteiger partial charge in [-0.1, -0.05) is 17.4 Å². The van der Waals surface area contributed by atoms with Gasteiger partial charge in [0.25, 0.3) is 5.91 Å². The van der Waals surface area contributed by atoms with Gasteiger partial charge in [0, 0.05) is 26.3 Å². The van der Waals surface area contributed by atoms with Crippen molar-refractivity contribution in [3.05, 3.63) is 41.7 Å². The number of nitrogens with one attached hydrogen (secondary N) is 1. The Kier molecular flexibility index (Phi) is 4.53. The topological polar surface area (TPSA) is 84.3 Å². The molecular formula is C18H20N4O3S2. The van der Waals surface area contributed by atoms with Crippen LogP contribution in [0.5, 0.6) is 0 Å². The highest BCUT2D eigenvalue weighted by atomic mass is 32.2. The Labute approximate surface area is 161 Å². The number of nitrogens with zero attached hydrogens (tertiary/aromatic N) is 3. The molecule has 3 aromatic rings. The molecule has 0 radical (unpaired) electrons. The van der Waals surface area contributed by atoms with Crippen LogP contribution >= 0.6 is 11.3 Å². The molecule has 142 valence electrons. The minimum absolute atomic E-state index is 0.150. The second kappa shape index (κ2) is 6.74. The van der Waals surface area contributed by atoms with E-state index in [0.29, 0.717) is 18.2 Å². The molecule has 0 atom stereocenters. The third-order valence-corrected chi connectivity index (χ3v) is 7.48. The van der Waals surface area contributed by atoms with E-state index in [-0.39, 0.29) is 16.5 Å². The fraction of sp³-hybridized carbons (Fsp3) is 0.333. The lowest BCUT2D eigenvalue weighted by molar-refractivity contribution is 0.101. The Hall–Kier alpha value is -2.23. The van der Waals surface area contributed by atoms with E-state index >= 15 is 0 Å². The molecule has 1 aromatic carbocycles. The zero-order chi connectivity index (χ0) is 19.2. The van der Waals surface area contributed by atoms with Crippen LogP contribution in [0.1, 0.15) is 28.9 Å². The number of carbonyl (C=O) groups excluding carboxylic acids is 1. The number of aromatic nitrogens is 2. The first-order valence-electron chi connectivity index (χ1n) is 8.70. The first-order chi connectivity index (χ1) is 12.8. The third kappa shape index (κ3) is 3.38. The van der Waals surface area contributed by atoms with Gasteiger partial charge < -0.3 is 4.57 Å². The summed E-state index contributed by atoms with van der Waals surface area (Å²) in [6.45, 7) is 3.07. The van der Waals surface area contributed by atoms with Crippen molar-refractivity contribution in [2.24, 2.45) is 7.05 Å². The number of hydrogen-bond donors (Lipinski definition) is 1. The van der Waals surface area contributed by atoms with Gasteiger partial charge in [0.05, 0.1) is 10.2 Å². The van der Waals surface area contributed by atoms with Gasteiger partial charge in [-0.3, -0.25) is 10.1 Å². The SMILES string of the molecule is Cc1ccc2nc(NC(=O)c3cc(S(=O)(=O)N4CCCC4)cn3C)sc2c1. The molecule has 0 aliphatic carbocycles. The Morgan fingerprint density at radius 3 is 2.70 bits per heavy atom. The molecule has 1 saturated heterocycles. The number of sulfonamides is 1. The Bertz CT molecular complexity index is 1120. The molecule has 0 bridgehead atoms. The van der Waals surface area contributed by atoms with Gasteiger partial charge >= 0.3 is 0 Å². The van der Waals surface area contributed by atoms with Crippen molar-refractivity contribution >= 4 is 42.6 Å². The molecule has 3 heterocycles. The first-order valence-corrected chi connectivity index (χ1v) is 11.0. The summed E-state index contributed by atoms with van der Waals surface area (Å²) < 4.78 is 29.4. The summed E-state index contributed by atoms with van der Waals surface area (Å²) in [6.07, 6.45) is 3.23. The van der Waals surface area contributed by atoms with Crippen molar-refractivity contribution in [2.75, 3.05) is 18.4 Å². The average molecular weight is 405 g/mol. The van der Waals surface area contributed by atoms with Crippen molar-refractivity contribution < 1.29 is 13.2 Å². The molecule has 27 heavy (non-hydrogen) atoms. The van der Waals surface area contributed by atoms with Gasteiger partial charge in [-0.05, 0) is 43.5 Å². The Morgan fingerprint density at radius 1 is 1.22 bits per heavy atom. The van der Waals surface area contributed by atoms with E-state index in [4.69, 9.17) is 0 Å². The summed E-state index contributed by atoms with van der Waals surface area (Å²) in [6, 6.07) is 7.34. The highest BCUT2D eigenvalue weighted by Gasteiger charge is 2.29. The molecule has 4 rings (SSSR count). The zero-order valence-electron chi connectivity index (χ0n) is 15.1. The number of thiazole rings is 1. The van der Waals surface area contributed by atoms with Crippen LogP contribution in [-0.2, 0) is 17.1 Å². The van der Waals surface area contributed by atoms with Crippen LogP contribution in [0.25, 0.3) is 10.2 Å². The molecule has 7 nitrogen and oxygen atoms in total. The molecule has 0 spiro atoms. The molecular weight excluding hydrogens is 384 g/mol.